The van der Waals surface area contributed by atoms with E-state index in [-0.39, 0.29) is 0 Å². The molecule has 2 aliphatic rings. The third-order valence-corrected chi connectivity index (χ3v) is 5.80. The van der Waals surface area contributed by atoms with Gasteiger partial charge in [-0.15, -0.1) is 0 Å². The van der Waals surface area contributed by atoms with Crippen LogP contribution in [0.3, 0.4) is 0 Å². The predicted molar refractivity (Wildman–Crippen MR) is 82.6 cm³/mol. The second kappa shape index (κ2) is 4.01. The van der Waals surface area contributed by atoms with Crippen LogP contribution in [0.4, 0.5) is 5.69 Å². The molecule has 1 aromatic carbocycles. The molecule has 2 fully saturated rings. The Kier molecular flexibility index (Phi) is 2.75. The molecule has 0 aliphatic heterocycles. The second-order valence-corrected chi connectivity index (χ2v) is 7.87. The summed E-state index contributed by atoms with van der Waals surface area (Å²) in [6.45, 7) is 11.8. The van der Waals surface area contributed by atoms with Crippen molar-refractivity contribution in [3.63, 3.8) is 0 Å². The van der Waals surface area contributed by atoms with Crippen LogP contribution in [0.2, 0.25) is 0 Å². The summed E-state index contributed by atoms with van der Waals surface area (Å²) in [6.07, 6.45) is 4.22. The smallest absolute Gasteiger partial charge is 0.0368 e. The van der Waals surface area contributed by atoms with Gasteiger partial charge in [0.1, 0.15) is 0 Å². The van der Waals surface area contributed by atoms with E-state index in [1.54, 1.807) is 0 Å². The van der Waals surface area contributed by atoms with Gasteiger partial charge in [-0.1, -0.05) is 26.8 Å². The summed E-state index contributed by atoms with van der Waals surface area (Å²) in [5.41, 5.74) is 4.93. The summed E-state index contributed by atoms with van der Waals surface area (Å²) in [4.78, 5) is 0. The lowest BCUT2D eigenvalue weighted by Gasteiger charge is -2.43. The maximum absolute atomic E-state index is 3.88. The van der Waals surface area contributed by atoms with E-state index >= 15 is 0 Å². The molecule has 0 heterocycles. The molecule has 19 heavy (non-hydrogen) atoms. The Balaban J connectivity index is 1.90. The molecule has 1 unspecified atom stereocenters. The fourth-order valence-electron chi connectivity index (χ4n) is 4.89. The highest BCUT2D eigenvalue weighted by atomic mass is 15.0. The first kappa shape index (κ1) is 13.0. The largest absolute Gasteiger partial charge is 0.381 e. The van der Waals surface area contributed by atoms with Gasteiger partial charge in [0.25, 0.3) is 0 Å². The maximum Gasteiger partial charge on any atom is 0.0368 e. The standard InChI is InChI=1S/C18H27N/c1-12-8-13(2)10-15(9-12)19-16-17(3,4)14-6-7-18(16,5)11-14/h8-10,14,16,19H,6-7,11H2,1-5H3/t14-,16?,18+/m0/s1. The van der Waals surface area contributed by atoms with Crippen molar-refractivity contribution in [2.75, 3.05) is 5.32 Å². The van der Waals surface area contributed by atoms with Crippen LogP contribution in [0, 0.1) is 30.6 Å². The van der Waals surface area contributed by atoms with E-state index in [2.05, 4.69) is 58.1 Å². The summed E-state index contributed by atoms with van der Waals surface area (Å²) < 4.78 is 0. The number of rotatable bonds is 2. The molecular formula is C18H27N. The molecule has 0 aromatic heterocycles. The Morgan fingerprint density at radius 1 is 1.05 bits per heavy atom. The number of aryl methyl sites for hydroxylation is 2. The highest BCUT2D eigenvalue weighted by Gasteiger charge is 2.59. The molecule has 2 bridgehead atoms. The average molecular weight is 257 g/mol. The molecule has 0 amide bonds. The second-order valence-electron chi connectivity index (χ2n) is 7.87. The van der Waals surface area contributed by atoms with Gasteiger partial charge in [-0.05, 0) is 73.1 Å². The quantitative estimate of drug-likeness (QED) is 0.792. The average Bonchev–Trinajstić information content (AvgIpc) is 2.74. The Bertz CT molecular complexity index is 477. The van der Waals surface area contributed by atoms with Gasteiger partial charge in [0, 0.05) is 11.7 Å². The van der Waals surface area contributed by atoms with Gasteiger partial charge in [0.2, 0.25) is 0 Å². The first-order chi connectivity index (χ1) is 8.81. The molecule has 1 nitrogen and oxygen atoms in total. The van der Waals surface area contributed by atoms with Gasteiger partial charge in [0.15, 0.2) is 0 Å². The maximum atomic E-state index is 3.88. The number of hydrogen-bond donors (Lipinski definition) is 1. The van der Waals surface area contributed by atoms with Gasteiger partial charge < -0.3 is 5.32 Å². The molecule has 0 spiro atoms. The zero-order chi connectivity index (χ0) is 13.8. The lowest BCUT2D eigenvalue weighted by atomic mass is 9.68. The Morgan fingerprint density at radius 3 is 2.21 bits per heavy atom. The Labute approximate surface area is 117 Å². The predicted octanol–water partition coefficient (Wildman–Crippen LogP) is 4.93. The van der Waals surface area contributed by atoms with Crippen molar-refractivity contribution in [2.24, 2.45) is 16.7 Å². The lowest BCUT2D eigenvalue weighted by molar-refractivity contribution is 0.155. The lowest BCUT2D eigenvalue weighted by Crippen LogP contribution is -2.45. The SMILES string of the molecule is Cc1cc(C)cc(NC2C(C)(C)[C@H]3CC[C@]2(C)C3)c1. The van der Waals surface area contributed by atoms with Crippen molar-refractivity contribution < 1.29 is 0 Å². The topological polar surface area (TPSA) is 12.0 Å². The minimum Gasteiger partial charge on any atom is -0.381 e. The molecule has 2 saturated carbocycles. The molecule has 3 atom stereocenters. The highest BCUT2D eigenvalue weighted by molar-refractivity contribution is 5.50. The summed E-state index contributed by atoms with van der Waals surface area (Å²) in [6, 6.07) is 7.44. The van der Waals surface area contributed by atoms with Crippen LogP contribution >= 0.6 is 0 Å². The van der Waals surface area contributed by atoms with Gasteiger partial charge in [0.05, 0.1) is 0 Å². The normalized spacial score (nSPS) is 35.6. The molecule has 1 aromatic rings. The fraction of sp³-hybridized carbons (Fsp3) is 0.667. The van der Waals surface area contributed by atoms with Crippen molar-refractivity contribution in [2.45, 2.75) is 59.9 Å². The Morgan fingerprint density at radius 2 is 1.68 bits per heavy atom. The number of benzene rings is 1. The summed E-state index contributed by atoms with van der Waals surface area (Å²) >= 11 is 0. The van der Waals surface area contributed by atoms with Crippen LogP contribution in [-0.2, 0) is 0 Å². The van der Waals surface area contributed by atoms with Crippen molar-refractivity contribution in [1.29, 1.82) is 0 Å². The zero-order valence-corrected chi connectivity index (χ0v) is 13.0. The van der Waals surface area contributed by atoms with Crippen molar-refractivity contribution >= 4 is 5.69 Å². The molecule has 1 heteroatoms. The number of nitrogens with one attached hydrogen (secondary N) is 1. The van der Waals surface area contributed by atoms with E-state index in [0.29, 0.717) is 16.9 Å². The minimum atomic E-state index is 0.421. The minimum absolute atomic E-state index is 0.421. The van der Waals surface area contributed by atoms with E-state index in [9.17, 15) is 0 Å². The molecular weight excluding hydrogens is 230 g/mol. The number of anilines is 1. The molecule has 104 valence electrons. The fourth-order valence-corrected chi connectivity index (χ4v) is 4.89. The first-order valence-electron chi connectivity index (χ1n) is 7.66. The van der Waals surface area contributed by atoms with E-state index in [4.69, 9.17) is 0 Å². The molecule has 2 aliphatic carbocycles. The van der Waals surface area contributed by atoms with Crippen molar-refractivity contribution in [3.8, 4) is 0 Å². The first-order valence-corrected chi connectivity index (χ1v) is 7.66. The molecule has 1 N–H and O–H groups in total. The third-order valence-electron chi connectivity index (χ3n) is 5.80. The molecule has 0 radical (unpaired) electrons. The van der Waals surface area contributed by atoms with Crippen LogP contribution in [0.15, 0.2) is 18.2 Å². The van der Waals surface area contributed by atoms with Gasteiger partial charge in [-0.25, -0.2) is 0 Å². The van der Waals surface area contributed by atoms with Crippen molar-refractivity contribution in [3.05, 3.63) is 29.3 Å². The van der Waals surface area contributed by atoms with Gasteiger partial charge in [-0.2, -0.15) is 0 Å². The van der Waals surface area contributed by atoms with E-state index in [1.165, 1.54) is 36.1 Å². The van der Waals surface area contributed by atoms with E-state index in [1.807, 2.05) is 0 Å². The monoisotopic (exact) mass is 257 g/mol. The third kappa shape index (κ3) is 1.98. The van der Waals surface area contributed by atoms with Crippen LogP contribution in [0.5, 0.6) is 0 Å². The van der Waals surface area contributed by atoms with Crippen LogP contribution in [0.25, 0.3) is 0 Å². The number of hydrogen-bond acceptors (Lipinski definition) is 1. The zero-order valence-electron chi connectivity index (χ0n) is 13.0. The van der Waals surface area contributed by atoms with Crippen LogP contribution < -0.4 is 5.32 Å². The van der Waals surface area contributed by atoms with Crippen molar-refractivity contribution in [1.82, 2.24) is 0 Å². The van der Waals surface area contributed by atoms with Gasteiger partial charge >= 0.3 is 0 Å². The van der Waals surface area contributed by atoms with E-state index in [0.717, 1.165) is 5.92 Å². The Hall–Kier alpha value is -0.980. The highest BCUT2D eigenvalue weighted by Crippen LogP contribution is 2.63. The van der Waals surface area contributed by atoms with Crippen LogP contribution in [0.1, 0.15) is 51.2 Å². The molecule has 3 rings (SSSR count). The van der Waals surface area contributed by atoms with Crippen LogP contribution in [-0.4, -0.2) is 6.04 Å². The van der Waals surface area contributed by atoms with E-state index < -0.39 is 0 Å². The summed E-state index contributed by atoms with van der Waals surface area (Å²) in [7, 11) is 0. The number of fused-ring (bicyclic) bond motifs is 2. The summed E-state index contributed by atoms with van der Waals surface area (Å²) in [5, 5.41) is 3.88. The summed E-state index contributed by atoms with van der Waals surface area (Å²) in [5.74, 6) is 0.904. The van der Waals surface area contributed by atoms with Gasteiger partial charge in [-0.3, -0.25) is 0 Å². The molecule has 0 saturated heterocycles.